The summed E-state index contributed by atoms with van der Waals surface area (Å²) in [7, 11) is -2.37. The highest BCUT2D eigenvalue weighted by molar-refractivity contribution is 7.93. The van der Waals surface area contributed by atoms with Gasteiger partial charge in [0, 0.05) is 11.1 Å². The zero-order valence-electron chi connectivity index (χ0n) is 18.5. The molecule has 0 radical (unpaired) electrons. The summed E-state index contributed by atoms with van der Waals surface area (Å²) in [5.74, 6) is -0.446. The van der Waals surface area contributed by atoms with Crippen molar-refractivity contribution in [3.8, 4) is 0 Å². The van der Waals surface area contributed by atoms with E-state index in [0.29, 0.717) is 55.0 Å². The van der Waals surface area contributed by atoms with Gasteiger partial charge in [0.15, 0.2) is 0 Å². The van der Waals surface area contributed by atoms with Crippen molar-refractivity contribution in [2.75, 3.05) is 24.5 Å². The summed E-state index contributed by atoms with van der Waals surface area (Å²) in [5, 5.41) is -0.0716. The Morgan fingerprint density at radius 3 is 2.39 bits per heavy atom. The van der Waals surface area contributed by atoms with Crippen LogP contribution in [-0.2, 0) is 21.3 Å². The SMILES string of the molecule is COC(=O)c1ccc(CN(c2cccc(Cl)c2)S(=O)(=O)C2CCN(C3CC(F)C3)CC2)cc1. The second kappa shape index (κ2) is 9.99. The Balaban J connectivity index is 1.55. The number of piperidine rings is 1. The monoisotopic (exact) mass is 494 g/mol. The minimum atomic E-state index is -3.69. The first-order valence-corrected chi connectivity index (χ1v) is 13.0. The van der Waals surface area contributed by atoms with Gasteiger partial charge in [0.05, 0.1) is 30.2 Å². The van der Waals surface area contributed by atoms with Crippen molar-refractivity contribution in [2.24, 2.45) is 0 Å². The van der Waals surface area contributed by atoms with Crippen LogP contribution in [0.2, 0.25) is 5.02 Å². The maximum atomic E-state index is 13.8. The minimum Gasteiger partial charge on any atom is -0.465 e. The normalized spacial score (nSPS) is 21.9. The number of hydrogen-bond donors (Lipinski definition) is 0. The van der Waals surface area contributed by atoms with Gasteiger partial charge in [0.1, 0.15) is 6.17 Å². The summed E-state index contributed by atoms with van der Waals surface area (Å²) in [5.41, 5.74) is 1.64. The molecule has 0 N–H and O–H groups in total. The molecule has 0 atom stereocenters. The number of alkyl halides is 1. The molecule has 1 saturated carbocycles. The number of anilines is 1. The number of esters is 1. The van der Waals surface area contributed by atoms with Crippen molar-refractivity contribution >= 4 is 33.3 Å². The Morgan fingerprint density at radius 1 is 1.15 bits per heavy atom. The quantitative estimate of drug-likeness (QED) is 0.533. The van der Waals surface area contributed by atoms with Crippen LogP contribution in [0.4, 0.5) is 10.1 Å². The highest BCUT2D eigenvalue weighted by Crippen LogP contribution is 2.34. The second-order valence-corrected chi connectivity index (χ2v) is 11.3. The van der Waals surface area contributed by atoms with Crippen LogP contribution in [0, 0.1) is 0 Å². The number of hydrogen-bond acceptors (Lipinski definition) is 5. The Morgan fingerprint density at radius 2 is 1.82 bits per heavy atom. The van der Waals surface area contributed by atoms with Gasteiger partial charge in [-0.05, 0) is 74.7 Å². The number of carbonyl (C=O) groups is 1. The maximum absolute atomic E-state index is 13.8. The highest BCUT2D eigenvalue weighted by atomic mass is 35.5. The zero-order chi connectivity index (χ0) is 23.6. The number of nitrogens with zero attached hydrogens (tertiary/aromatic N) is 2. The molecule has 1 heterocycles. The number of carbonyl (C=O) groups excluding carboxylic acids is 1. The Kier molecular flexibility index (Phi) is 7.26. The van der Waals surface area contributed by atoms with Crippen LogP contribution < -0.4 is 4.31 Å². The molecule has 0 aromatic heterocycles. The number of benzene rings is 2. The van der Waals surface area contributed by atoms with Gasteiger partial charge in [-0.2, -0.15) is 0 Å². The third-order valence-corrected chi connectivity index (χ3v) is 9.08. The lowest BCUT2D eigenvalue weighted by atomic mass is 9.88. The van der Waals surface area contributed by atoms with E-state index in [4.69, 9.17) is 16.3 Å². The summed E-state index contributed by atoms with van der Waals surface area (Å²) in [6.07, 6.45) is 1.39. The van der Waals surface area contributed by atoms with Crippen molar-refractivity contribution in [2.45, 2.75) is 49.7 Å². The van der Waals surface area contributed by atoms with Gasteiger partial charge in [-0.3, -0.25) is 4.31 Å². The number of halogens is 2. The van der Waals surface area contributed by atoms with Crippen LogP contribution in [0.25, 0.3) is 0 Å². The van der Waals surface area contributed by atoms with Gasteiger partial charge in [0.2, 0.25) is 10.0 Å². The molecule has 2 aliphatic rings. The smallest absolute Gasteiger partial charge is 0.337 e. The van der Waals surface area contributed by atoms with Gasteiger partial charge in [-0.25, -0.2) is 17.6 Å². The van der Waals surface area contributed by atoms with E-state index < -0.39 is 27.4 Å². The Hall–Kier alpha value is -2.16. The summed E-state index contributed by atoms with van der Waals surface area (Å²) >= 11 is 6.18. The highest BCUT2D eigenvalue weighted by Gasteiger charge is 2.40. The van der Waals surface area contributed by atoms with Crippen molar-refractivity contribution in [3.63, 3.8) is 0 Å². The molecule has 2 fully saturated rings. The minimum absolute atomic E-state index is 0.122. The summed E-state index contributed by atoms with van der Waals surface area (Å²) < 4.78 is 46.9. The maximum Gasteiger partial charge on any atom is 0.337 e. The van der Waals surface area contributed by atoms with Gasteiger partial charge < -0.3 is 9.64 Å². The van der Waals surface area contributed by atoms with Crippen molar-refractivity contribution in [3.05, 3.63) is 64.7 Å². The summed E-state index contributed by atoms with van der Waals surface area (Å²) in [6, 6.07) is 13.8. The first-order valence-electron chi connectivity index (χ1n) is 11.1. The van der Waals surface area contributed by atoms with Crippen LogP contribution in [-0.4, -0.2) is 56.9 Å². The molecular weight excluding hydrogens is 467 g/mol. The zero-order valence-corrected chi connectivity index (χ0v) is 20.1. The largest absolute Gasteiger partial charge is 0.465 e. The average Bonchev–Trinajstić information content (AvgIpc) is 2.80. The molecule has 1 aliphatic heterocycles. The molecular formula is C24H28ClFN2O4S. The lowest BCUT2D eigenvalue weighted by Gasteiger charge is -2.43. The third kappa shape index (κ3) is 5.34. The Labute approximate surface area is 199 Å². The van der Waals surface area contributed by atoms with Crippen molar-refractivity contribution in [1.82, 2.24) is 4.90 Å². The van der Waals surface area contributed by atoms with E-state index in [2.05, 4.69) is 4.90 Å². The summed E-state index contributed by atoms with van der Waals surface area (Å²) in [6.45, 7) is 1.42. The molecule has 0 spiro atoms. The number of sulfonamides is 1. The van der Waals surface area contributed by atoms with Crippen LogP contribution in [0.15, 0.2) is 48.5 Å². The molecule has 9 heteroatoms. The van der Waals surface area contributed by atoms with Crippen molar-refractivity contribution < 1.29 is 22.3 Å². The van der Waals surface area contributed by atoms with E-state index in [0.717, 1.165) is 5.56 Å². The molecule has 4 rings (SSSR count). The van der Waals surface area contributed by atoms with Crippen LogP contribution in [0.5, 0.6) is 0 Å². The van der Waals surface area contributed by atoms with E-state index in [9.17, 15) is 17.6 Å². The van der Waals surface area contributed by atoms with E-state index in [1.54, 1.807) is 48.5 Å². The van der Waals surface area contributed by atoms with E-state index in [1.165, 1.54) is 11.4 Å². The fraction of sp³-hybridized carbons (Fsp3) is 0.458. The number of rotatable bonds is 7. The molecule has 0 amide bonds. The van der Waals surface area contributed by atoms with Gasteiger partial charge in [-0.15, -0.1) is 0 Å². The third-order valence-electron chi connectivity index (χ3n) is 6.57. The topological polar surface area (TPSA) is 66.9 Å². The first-order chi connectivity index (χ1) is 15.8. The number of ether oxygens (including phenoxy) is 1. The molecule has 6 nitrogen and oxygen atoms in total. The van der Waals surface area contributed by atoms with Crippen LogP contribution in [0.1, 0.15) is 41.6 Å². The molecule has 2 aromatic rings. The van der Waals surface area contributed by atoms with Gasteiger partial charge >= 0.3 is 5.97 Å². The average molecular weight is 495 g/mol. The van der Waals surface area contributed by atoms with E-state index in [-0.39, 0.29) is 12.6 Å². The fourth-order valence-corrected chi connectivity index (χ4v) is 6.62. The van der Waals surface area contributed by atoms with Gasteiger partial charge in [0.25, 0.3) is 0 Å². The molecule has 0 bridgehead atoms. The molecule has 33 heavy (non-hydrogen) atoms. The number of likely N-dealkylation sites (tertiary alicyclic amines) is 1. The number of methoxy groups -OCH3 is 1. The predicted molar refractivity (Wildman–Crippen MR) is 127 cm³/mol. The van der Waals surface area contributed by atoms with Crippen LogP contribution >= 0.6 is 11.6 Å². The van der Waals surface area contributed by atoms with Gasteiger partial charge in [-0.1, -0.05) is 29.8 Å². The lowest BCUT2D eigenvalue weighted by Crippen LogP contribution is -2.52. The fourth-order valence-electron chi connectivity index (χ4n) is 4.53. The van der Waals surface area contributed by atoms with E-state index in [1.807, 2.05) is 0 Å². The standard InChI is InChI=1S/C24H28ClFN2O4S/c1-32-24(29)18-7-5-17(6-8-18)16-28(21-4-2-3-19(25)13-21)33(30,31)23-9-11-27(12-10-23)22-14-20(26)15-22/h2-8,13,20,22-23H,9-12,14-16H2,1H3. The Bertz CT molecular complexity index is 1080. The molecule has 1 aliphatic carbocycles. The molecule has 1 saturated heterocycles. The van der Waals surface area contributed by atoms with Crippen LogP contribution in [0.3, 0.4) is 0 Å². The summed E-state index contributed by atoms with van der Waals surface area (Å²) in [4.78, 5) is 13.9. The second-order valence-electron chi connectivity index (χ2n) is 8.68. The predicted octanol–water partition coefficient (Wildman–Crippen LogP) is 4.43. The van der Waals surface area contributed by atoms with Crippen molar-refractivity contribution in [1.29, 1.82) is 0 Å². The van der Waals surface area contributed by atoms with E-state index >= 15 is 0 Å². The molecule has 178 valence electrons. The molecule has 0 unspecified atom stereocenters. The molecule has 2 aromatic carbocycles. The lowest BCUT2D eigenvalue weighted by molar-refractivity contribution is 0.0424. The first kappa shape index (κ1) is 24.0.